The Bertz CT molecular complexity index is 1090. The average molecular weight is 490 g/mol. The predicted molar refractivity (Wildman–Crippen MR) is 149 cm³/mol. The van der Waals surface area contributed by atoms with Gasteiger partial charge in [0.1, 0.15) is 0 Å². The van der Waals surface area contributed by atoms with Crippen LogP contribution in [0.25, 0.3) is 10.9 Å². The van der Waals surface area contributed by atoms with Crippen molar-refractivity contribution in [3.8, 4) is 0 Å². The molecule has 3 rings (SSSR count). The lowest BCUT2D eigenvalue weighted by molar-refractivity contribution is -0.141. The van der Waals surface area contributed by atoms with Gasteiger partial charge in [-0.1, -0.05) is 87.6 Å². The first-order chi connectivity index (χ1) is 17.5. The fraction of sp³-hybridized carbons (Fsp3) is 0.484. The van der Waals surface area contributed by atoms with Crippen molar-refractivity contribution in [2.45, 2.75) is 78.7 Å². The third-order valence-electron chi connectivity index (χ3n) is 6.88. The van der Waals surface area contributed by atoms with Crippen molar-refractivity contribution < 1.29 is 9.59 Å². The van der Waals surface area contributed by atoms with Crippen LogP contribution in [-0.4, -0.2) is 46.2 Å². The van der Waals surface area contributed by atoms with E-state index < -0.39 is 0 Å². The third-order valence-corrected chi connectivity index (χ3v) is 6.88. The van der Waals surface area contributed by atoms with E-state index in [1.54, 1.807) is 4.90 Å². The number of hydrogen-bond acceptors (Lipinski definition) is 2. The molecule has 5 heteroatoms. The van der Waals surface area contributed by atoms with Crippen molar-refractivity contribution in [3.63, 3.8) is 0 Å². The van der Waals surface area contributed by atoms with E-state index >= 15 is 0 Å². The number of carbonyl (C=O) groups excluding carboxylic acids is 2. The number of unbranched alkanes of at least 4 members (excludes halogenated alkanes) is 4. The van der Waals surface area contributed by atoms with Gasteiger partial charge in [-0.25, -0.2) is 0 Å². The van der Waals surface area contributed by atoms with Crippen LogP contribution in [-0.2, 0) is 22.6 Å². The van der Waals surface area contributed by atoms with Crippen LogP contribution in [0.2, 0.25) is 0 Å². The van der Waals surface area contributed by atoms with E-state index in [-0.39, 0.29) is 18.4 Å². The summed E-state index contributed by atoms with van der Waals surface area (Å²) >= 11 is 0. The Labute approximate surface area is 216 Å². The second-order valence-electron chi connectivity index (χ2n) is 9.89. The normalized spacial score (nSPS) is 11.1. The quantitative estimate of drug-likeness (QED) is 0.243. The average Bonchev–Trinajstić information content (AvgIpc) is 3.30. The molecule has 0 saturated carbocycles. The lowest BCUT2D eigenvalue weighted by Crippen LogP contribution is -2.43. The third kappa shape index (κ3) is 8.25. The molecule has 36 heavy (non-hydrogen) atoms. The van der Waals surface area contributed by atoms with Gasteiger partial charge in [-0.2, -0.15) is 0 Å². The number of nitrogens with zero attached hydrogens (tertiary/aromatic N) is 2. The molecule has 194 valence electrons. The van der Waals surface area contributed by atoms with Gasteiger partial charge in [-0.05, 0) is 43.4 Å². The van der Waals surface area contributed by atoms with Crippen LogP contribution in [0.15, 0.2) is 54.7 Å². The fourth-order valence-electron chi connectivity index (χ4n) is 4.56. The molecule has 0 aliphatic rings. The molecule has 1 heterocycles. The molecule has 0 radical (unpaired) electrons. The first kappa shape index (κ1) is 27.5. The molecule has 1 aromatic heterocycles. The van der Waals surface area contributed by atoms with Crippen LogP contribution in [0, 0.1) is 6.92 Å². The number of rotatable bonds is 15. The molecule has 0 aliphatic carbocycles. The molecule has 2 amide bonds. The summed E-state index contributed by atoms with van der Waals surface area (Å²) in [5, 5.41) is 1.20. The number of nitrogens with one attached hydrogen (secondary N) is 1. The maximum atomic E-state index is 13.6. The Kier molecular flexibility index (Phi) is 11.1. The van der Waals surface area contributed by atoms with E-state index in [9.17, 15) is 9.59 Å². The highest BCUT2D eigenvalue weighted by Gasteiger charge is 2.21. The van der Waals surface area contributed by atoms with Gasteiger partial charge in [0.05, 0.1) is 6.54 Å². The first-order valence-corrected chi connectivity index (χ1v) is 13.7. The number of aromatic amines is 1. The monoisotopic (exact) mass is 489 g/mol. The first-order valence-electron chi connectivity index (χ1n) is 13.7. The number of carbonyl (C=O) groups is 2. The summed E-state index contributed by atoms with van der Waals surface area (Å²) in [7, 11) is 0. The summed E-state index contributed by atoms with van der Waals surface area (Å²) in [6.07, 6.45) is 9.54. The van der Waals surface area contributed by atoms with Crippen LogP contribution in [0.4, 0.5) is 0 Å². The molecule has 1 N–H and O–H groups in total. The Morgan fingerprint density at radius 1 is 0.806 bits per heavy atom. The second kappa shape index (κ2) is 14.5. The summed E-state index contributed by atoms with van der Waals surface area (Å²) in [5.41, 5.74) is 4.64. The highest BCUT2D eigenvalue weighted by atomic mass is 16.2. The van der Waals surface area contributed by atoms with E-state index in [2.05, 4.69) is 62.2 Å². The number of benzene rings is 2. The topological polar surface area (TPSA) is 56.4 Å². The number of para-hydroxylation sites is 1. The van der Waals surface area contributed by atoms with Crippen molar-refractivity contribution in [2.75, 3.05) is 19.6 Å². The minimum atomic E-state index is 0.0217. The van der Waals surface area contributed by atoms with Crippen molar-refractivity contribution in [3.05, 3.63) is 71.4 Å². The lowest BCUT2D eigenvalue weighted by Gasteiger charge is -2.28. The van der Waals surface area contributed by atoms with E-state index in [0.29, 0.717) is 26.1 Å². The molecule has 5 nitrogen and oxygen atoms in total. The van der Waals surface area contributed by atoms with Gasteiger partial charge in [-0.15, -0.1) is 0 Å². The van der Waals surface area contributed by atoms with E-state index in [1.807, 2.05) is 23.2 Å². The van der Waals surface area contributed by atoms with Crippen LogP contribution >= 0.6 is 0 Å². The molecular weight excluding hydrogens is 446 g/mol. The van der Waals surface area contributed by atoms with Gasteiger partial charge < -0.3 is 14.8 Å². The van der Waals surface area contributed by atoms with Gasteiger partial charge in [0.2, 0.25) is 11.8 Å². The van der Waals surface area contributed by atoms with Gasteiger partial charge in [0.25, 0.3) is 0 Å². The summed E-state index contributed by atoms with van der Waals surface area (Å²) in [6.45, 7) is 8.34. The number of amides is 2. The van der Waals surface area contributed by atoms with E-state index in [0.717, 1.165) is 56.0 Å². The number of H-pyrrole nitrogens is 1. The molecule has 0 aliphatic heterocycles. The number of hydrogen-bond donors (Lipinski definition) is 1. The summed E-state index contributed by atoms with van der Waals surface area (Å²) in [5.74, 6) is 0.133. The van der Waals surface area contributed by atoms with Crippen LogP contribution in [0.3, 0.4) is 0 Å². The standard InChI is InChI=1S/C31H43N3O2/c1-4-6-8-9-14-30(35)33(20-7-5-2)24-31(36)34(23-26-17-15-25(3)16-18-26)21-19-27-22-32-29-13-11-10-12-28(27)29/h10-13,15-18,22,32H,4-9,14,19-21,23-24H2,1-3H3. The Morgan fingerprint density at radius 3 is 2.31 bits per heavy atom. The van der Waals surface area contributed by atoms with Gasteiger partial charge in [0, 0.05) is 43.2 Å². The maximum Gasteiger partial charge on any atom is 0.242 e. The minimum Gasteiger partial charge on any atom is -0.361 e. The molecule has 0 saturated heterocycles. The van der Waals surface area contributed by atoms with Crippen LogP contribution in [0.1, 0.15) is 75.5 Å². The number of fused-ring (bicyclic) bond motifs is 1. The summed E-state index contributed by atoms with van der Waals surface area (Å²) in [4.78, 5) is 33.7. The predicted octanol–water partition coefficient (Wildman–Crippen LogP) is 6.65. The van der Waals surface area contributed by atoms with Crippen molar-refractivity contribution in [2.24, 2.45) is 0 Å². The fourth-order valence-corrected chi connectivity index (χ4v) is 4.56. The van der Waals surface area contributed by atoms with Crippen molar-refractivity contribution >= 4 is 22.7 Å². The van der Waals surface area contributed by atoms with Gasteiger partial charge in [0.15, 0.2) is 0 Å². The molecule has 0 atom stereocenters. The van der Waals surface area contributed by atoms with Gasteiger partial charge >= 0.3 is 0 Å². The zero-order valence-corrected chi connectivity index (χ0v) is 22.4. The SMILES string of the molecule is CCCCCCC(=O)N(CCCC)CC(=O)N(CCc1c[nH]c2ccccc12)Cc1ccc(C)cc1. The Hall–Kier alpha value is -3.08. The van der Waals surface area contributed by atoms with E-state index in [4.69, 9.17) is 0 Å². The van der Waals surface area contributed by atoms with Crippen molar-refractivity contribution in [1.82, 2.24) is 14.8 Å². The molecule has 0 bridgehead atoms. The zero-order valence-electron chi connectivity index (χ0n) is 22.4. The Morgan fingerprint density at radius 2 is 1.56 bits per heavy atom. The molecule has 3 aromatic rings. The van der Waals surface area contributed by atoms with Crippen molar-refractivity contribution in [1.29, 1.82) is 0 Å². The van der Waals surface area contributed by atoms with Gasteiger partial charge in [-0.3, -0.25) is 9.59 Å². The maximum absolute atomic E-state index is 13.6. The zero-order chi connectivity index (χ0) is 25.8. The van der Waals surface area contributed by atoms with Crippen LogP contribution in [0.5, 0.6) is 0 Å². The van der Waals surface area contributed by atoms with Crippen LogP contribution < -0.4 is 0 Å². The number of aromatic nitrogens is 1. The highest BCUT2D eigenvalue weighted by Crippen LogP contribution is 2.19. The molecule has 0 spiro atoms. The lowest BCUT2D eigenvalue weighted by atomic mass is 10.1. The van der Waals surface area contributed by atoms with E-state index in [1.165, 1.54) is 16.5 Å². The minimum absolute atomic E-state index is 0.0217. The summed E-state index contributed by atoms with van der Waals surface area (Å²) < 4.78 is 0. The second-order valence-corrected chi connectivity index (χ2v) is 9.89. The highest BCUT2D eigenvalue weighted by molar-refractivity contribution is 5.85. The number of aryl methyl sites for hydroxylation is 1. The summed E-state index contributed by atoms with van der Waals surface area (Å²) in [6, 6.07) is 16.6. The Balaban J connectivity index is 1.72. The largest absolute Gasteiger partial charge is 0.361 e. The smallest absolute Gasteiger partial charge is 0.242 e. The molecule has 0 fully saturated rings. The molecule has 2 aromatic carbocycles. The molecule has 0 unspecified atom stereocenters. The molecular formula is C31H43N3O2.